The Morgan fingerprint density at radius 3 is 2.55 bits per heavy atom. The lowest BCUT2D eigenvalue weighted by molar-refractivity contribution is 0.207. The maximum atomic E-state index is 13.7. The van der Waals surface area contributed by atoms with Gasteiger partial charge >= 0.3 is 6.09 Å². The van der Waals surface area contributed by atoms with E-state index in [1.165, 1.54) is 11.0 Å². The van der Waals surface area contributed by atoms with Gasteiger partial charge in [0.05, 0.1) is 0 Å². The number of aryl methyl sites for hydroxylation is 1. The maximum absolute atomic E-state index is 13.7. The van der Waals surface area contributed by atoms with E-state index < -0.39 is 11.9 Å². The van der Waals surface area contributed by atoms with E-state index in [1.54, 1.807) is 38.2 Å². The van der Waals surface area contributed by atoms with Crippen LogP contribution < -0.4 is 9.64 Å². The third-order valence-corrected chi connectivity index (χ3v) is 3.23. The Morgan fingerprint density at radius 1 is 1.25 bits per heavy atom. The molecule has 20 heavy (non-hydrogen) atoms. The predicted molar refractivity (Wildman–Crippen MR) is 77.0 cm³/mol. The van der Waals surface area contributed by atoms with E-state index in [0.29, 0.717) is 16.3 Å². The number of carbonyl (C=O) groups excluding carboxylic acids is 1. The third kappa shape index (κ3) is 3.08. The van der Waals surface area contributed by atoms with Gasteiger partial charge in [-0.2, -0.15) is 0 Å². The molecular weight excluding hydrogens is 281 g/mol. The molecule has 0 radical (unpaired) electrons. The summed E-state index contributed by atoms with van der Waals surface area (Å²) in [4.78, 5) is 13.3. The van der Waals surface area contributed by atoms with Crippen molar-refractivity contribution in [1.82, 2.24) is 0 Å². The Hall–Kier alpha value is -2.07. The zero-order valence-electron chi connectivity index (χ0n) is 11.1. The summed E-state index contributed by atoms with van der Waals surface area (Å²) in [5, 5.41) is 0.290. The first-order valence-electron chi connectivity index (χ1n) is 5.95. The van der Waals surface area contributed by atoms with Crippen LogP contribution in [0.2, 0.25) is 5.02 Å². The third-order valence-electron chi connectivity index (χ3n) is 2.83. The van der Waals surface area contributed by atoms with E-state index in [1.807, 2.05) is 6.07 Å². The highest BCUT2D eigenvalue weighted by molar-refractivity contribution is 6.31. The van der Waals surface area contributed by atoms with Crippen molar-refractivity contribution in [2.45, 2.75) is 6.92 Å². The number of benzene rings is 2. The fourth-order valence-corrected chi connectivity index (χ4v) is 1.78. The van der Waals surface area contributed by atoms with Crippen LogP contribution in [0.1, 0.15) is 5.56 Å². The molecule has 0 saturated carbocycles. The molecule has 0 heterocycles. The summed E-state index contributed by atoms with van der Waals surface area (Å²) >= 11 is 5.79. The highest BCUT2D eigenvalue weighted by atomic mass is 35.5. The molecule has 0 unspecified atom stereocenters. The number of rotatable bonds is 2. The Balaban J connectivity index is 2.18. The molecule has 104 valence electrons. The number of para-hydroxylation sites is 1. The molecule has 0 aromatic heterocycles. The van der Waals surface area contributed by atoms with Gasteiger partial charge in [-0.25, -0.2) is 9.18 Å². The van der Waals surface area contributed by atoms with Crippen molar-refractivity contribution in [3.63, 3.8) is 0 Å². The SMILES string of the molecule is Cc1cc(OC(=O)N(C)c2ccccc2)c(F)cc1Cl. The summed E-state index contributed by atoms with van der Waals surface area (Å²) < 4.78 is 18.7. The van der Waals surface area contributed by atoms with Gasteiger partial charge in [0.1, 0.15) is 0 Å². The van der Waals surface area contributed by atoms with E-state index in [2.05, 4.69) is 0 Å². The number of halogens is 2. The van der Waals surface area contributed by atoms with E-state index in [0.717, 1.165) is 6.07 Å². The van der Waals surface area contributed by atoms with E-state index in [9.17, 15) is 9.18 Å². The molecule has 0 saturated heterocycles. The minimum absolute atomic E-state index is 0.139. The normalized spacial score (nSPS) is 10.2. The molecule has 5 heteroatoms. The predicted octanol–water partition coefficient (Wildman–Crippen LogP) is 4.42. The van der Waals surface area contributed by atoms with E-state index in [4.69, 9.17) is 16.3 Å². The van der Waals surface area contributed by atoms with Crippen LogP contribution >= 0.6 is 11.6 Å². The molecule has 0 aliphatic rings. The molecule has 2 rings (SSSR count). The van der Waals surface area contributed by atoms with Crippen molar-refractivity contribution < 1.29 is 13.9 Å². The Labute approximate surface area is 121 Å². The van der Waals surface area contributed by atoms with Gasteiger partial charge in [-0.05, 0) is 36.8 Å². The Kier molecular flexibility index (Phi) is 4.25. The van der Waals surface area contributed by atoms with Crippen LogP contribution in [0.15, 0.2) is 42.5 Å². The largest absolute Gasteiger partial charge is 0.419 e. The van der Waals surface area contributed by atoms with Crippen LogP contribution in [-0.4, -0.2) is 13.1 Å². The first kappa shape index (κ1) is 14.3. The minimum atomic E-state index is -0.671. The van der Waals surface area contributed by atoms with E-state index >= 15 is 0 Å². The number of carbonyl (C=O) groups is 1. The molecule has 0 atom stereocenters. The first-order chi connectivity index (χ1) is 9.49. The molecule has 0 fully saturated rings. The molecular formula is C15H13ClFNO2. The molecule has 2 aromatic carbocycles. The topological polar surface area (TPSA) is 29.5 Å². The van der Waals surface area contributed by atoms with Gasteiger partial charge in [-0.3, -0.25) is 4.90 Å². The Morgan fingerprint density at radius 2 is 1.90 bits per heavy atom. The molecule has 2 aromatic rings. The van der Waals surface area contributed by atoms with Gasteiger partial charge in [0.15, 0.2) is 11.6 Å². The number of anilines is 1. The number of hydrogen-bond donors (Lipinski definition) is 0. The van der Waals surface area contributed by atoms with Gasteiger partial charge in [0, 0.05) is 17.8 Å². The van der Waals surface area contributed by atoms with Crippen molar-refractivity contribution >= 4 is 23.4 Å². The molecule has 3 nitrogen and oxygen atoms in total. The van der Waals surface area contributed by atoms with Crippen molar-refractivity contribution in [3.05, 3.63) is 58.9 Å². The standard InChI is InChI=1S/C15H13ClFNO2/c1-10-8-14(13(17)9-12(10)16)20-15(19)18(2)11-6-4-3-5-7-11/h3-9H,1-2H3. The average molecular weight is 294 g/mol. The highest BCUT2D eigenvalue weighted by Gasteiger charge is 2.16. The fourth-order valence-electron chi connectivity index (χ4n) is 1.63. The first-order valence-corrected chi connectivity index (χ1v) is 6.33. The summed E-state index contributed by atoms with van der Waals surface area (Å²) in [5.74, 6) is -0.810. The lowest BCUT2D eigenvalue weighted by atomic mass is 10.2. The van der Waals surface area contributed by atoms with Crippen LogP contribution in [0.5, 0.6) is 5.75 Å². The van der Waals surface area contributed by atoms with Crippen molar-refractivity contribution in [3.8, 4) is 5.75 Å². The zero-order valence-corrected chi connectivity index (χ0v) is 11.8. The number of amides is 1. The van der Waals surface area contributed by atoms with Crippen molar-refractivity contribution in [1.29, 1.82) is 0 Å². The summed E-state index contributed by atoms with van der Waals surface area (Å²) in [6.45, 7) is 1.71. The maximum Gasteiger partial charge on any atom is 0.419 e. The van der Waals surface area contributed by atoms with Crippen LogP contribution in [0.4, 0.5) is 14.9 Å². The summed E-state index contributed by atoms with van der Waals surface area (Å²) in [6.07, 6.45) is -0.670. The smallest absolute Gasteiger partial charge is 0.407 e. The van der Waals surface area contributed by atoms with Crippen molar-refractivity contribution in [2.24, 2.45) is 0 Å². The van der Waals surface area contributed by atoms with Gasteiger partial charge < -0.3 is 4.74 Å². The van der Waals surface area contributed by atoms with Crippen LogP contribution in [0.25, 0.3) is 0 Å². The molecule has 0 spiro atoms. The van der Waals surface area contributed by atoms with Gasteiger partial charge in [-0.15, -0.1) is 0 Å². The highest BCUT2D eigenvalue weighted by Crippen LogP contribution is 2.26. The van der Waals surface area contributed by atoms with Crippen LogP contribution in [0.3, 0.4) is 0 Å². The van der Waals surface area contributed by atoms with Crippen molar-refractivity contribution in [2.75, 3.05) is 11.9 Å². The minimum Gasteiger partial charge on any atom is -0.407 e. The number of hydrogen-bond acceptors (Lipinski definition) is 2. The second-order valence-corrected chi connectivity index (χ2v) is 4.70. The number of ether oxygens (including phenoxy) is 1. The number of nitrogens with zero attached hydrogens (tertiary/aromatic N) is 1. The van der Waals surface area contributed by atoms with Crippen LogP contribution in [-0.2, 0) is 0 Å². The monoisotopic (exact) mass is 293 g/mol. The molecule has 0 bridgehead atoms. The van der Waals surface area contributed by atoms with Gasteiger partial charge in [-0.1, -0.05) is 29.8 Å². The second-order valence-electron chi connectivity index (χ2n) is 4.29. The molecule has 0 aliphatic carbocycles. The van der Waals surface area contributed by atoms with Crippen LogP contribution in [0, 0.1) is 12.7 Å². The average Bonchev–Trinajstić information content (AvgIpc) is 2.44. The summed E-state index contributed by atoms with van der Waals surface area (Å²) in [5.41, 5.74) is 1.29. The second kappa shape index (κ2) is 5.92. The Bertz CT molecular complexity index is 631. The molecule has 0 N–H and O–H groups in total. The quantitative estimate of drug-likeness (QED) is 0.820. The summed E-state index contributed by atoms with van der Waals surface area (Å²) in [6, 6.07) is 11.5. The van der Waals surface area contributed by atoms with E-state index in [-0.39, 0.29) is 5.75 Å². The zero-order chi connectivity index (χ0) is 14.7. The van der Waals surface area contributed by atoms with Gasteiger partial charge in [0.2, 0.25) is 0 Å². The lowest BCUT2D eigenvalue weighted by Crippen LogP contribution is -2.29. The fraction of sp³-hybridized carbons (Fsp3) is 0.133. The lowest BCUT2D eigenvalue weighted by Gasteiger charge is -2.17. The molecule has 0 aliphatic heterocycles. The van der Waals surface area contributed by atoms with Gasteiger partial charge in [0.25, 0.3) is 0 Å². The summed E-state index contributed by atoms with van der Waals surface area (Å²) in [7, 11) is 1.55. The molecule has 1 amide bonds.